The largest absolute Gasteiger partial charge is 0.480 e. The minimum Gasteiger partial charge on any atom is -0.480 e. The number of carboxylic acids is 1. The Labute approximate surface area is 75.1 Å². The fraction of sp³-hybridized carbons (Fsp3) is 0.667. The SMILES string of the molecule is CN1C(=O)C(S)NCC1C(=O)O. The molecule has 1 saturated heterocycles. The summed E-state index contributed by atoms with van der Waals surface area (Å²) in [6, 6.07) is -0.777. The third kappa shape index (κ3) is 1.54. The molecule has 1 rings (SSSR count). The average Bonchev–Trinajstić information content (AvgIpc) is 2.00. The molecule has 2 unspecified atom stereocenters. The van der Waals surface area contributed by atoms with Crippen LogP contribution in [0.3, 0.4) is 0 Å². The molecule has 5 nitrogen and oxygen atoms in total. The first-order valence-electron chi connectivity index (χ1n) is 3.45. The fourth-order valence-corrected chi connectivity index (χ4v) is 1.33. The molecular formula is C6H10N2O3S. The van der Waals surface area contributed by atoms with Gasteiger partial charge in [0.05, 0.1) is 0 Å². The Morgan fingerprint density at radius 3 is 2.92 bits per heavy atom. The number of carbonyl (C=O) groups excluding carboxylic acids is 1. The van der Waals surface area contributed by atoms with Crippen LogP contribution in [0.4, 0.5) is 0 Å². The lowest BCUT2D eigenvalue weighted by atomic mass is 10.2. The van der Waals surface area contributed by atoms with Gasteiger partial charge in [0, 0.05) is 13.6 Å². The third-order valence-corrected chi connectivity index (χ3v) is 2.24. The first-order chi connectivity index (χ1) is 5.54. The number of amides is 1. The zero-order valence-corrected chi connectivity index (χ0v) is 7.41. The lowest BCUT2D eigenvalue weighted by Gasteiger charge is -2.33. The van der Waals surface area contributed by atoms with Crippen LogP contribution < -0.4 is 5.32 Å². The Hall–Kier alpha value is -0.750. The molecule has 68 valence electrons. The molecular weight excluding hydrogens is 180 g/mol. The highest BCUT2D eigenvalue weighted by Gasteiger charge is 2.34. The van der Waals surface area contributed by atoms with E-state index in [-0.39, 0.29) is 12.5 Å². The van der Waals surface area contributed by atoms with Gasteiger partial charge in [0.25, 0.3) is 0 Å². The minimum absolute atomic E-state index is 0.242. The Morgan fingerprint density at radius 1 is 1.83 bits per heavy atom. The van der Waals surface area contributed by atoms with Crippen LogP contribution >= 0.6 is 12.6 Å². The highest BCUT2D eigenvalue weighted by atomic mass is 32.1. The van der Waals surface area contributed by atoms with E-state index < -0.39 is 17.4 Å². The third-order valence-electron chi connectivity index (χ3n) is 1.84. The number of carbonyl (C=O) groups is 2. The monoisotopic (exact) mass is 190 g/mol. The maximum atomic E-state index is 11.2. The van der Waals surface area contributed by atoms with Gasteiger partial charge in [0.2, 0.25) is 5.91 Å². The molecule has 0 aromatic heterocycles. The fourth-order valence-electron chi connectivity index (χ4n) is 1.05. The van der Waals surface area contributed by atoms with E-state index in [0.29, 0.717) is 0 Å². The Kier molecular flexibility index (Phi) is 2.58. The first-order valence-corrected chi connectivity index (χ1v) is 3.96. The molecule has 0 radical (unpaired) electrons. The van der Waals surface area contributed by atoms with Crippen LogP contribution in [0.1, 0.15) is 0 Å². The smallest absolute Gasteiger partial charge is 0.327 e. The molecule has 0 saturated carbocycles. The maximum Gasteiger partial charge on any atom is 0.327 e. The van der Waals surface area contributed by atoms with Gasteiger partial charge in [-0.3, -0.25) is 10.1 Å². The minimum atomic E-state index is -1.00. The van der Waals surface area contributed by atoms with Gasteiger partial charge >= 0.3 is 5.97 Å². The van der Waals surface area contributed by atoms with Crippen molar-refractivity contribution in [3.8, 4) is 0 Å². The van der Waals surface area contributed by atoms with Crippen LogP contribution in [-0.4, -0.2) is 46.9 Å². The van der Waals surface area contributed by atoms with E-state index in [9.17, 15) is 9.59 Å². The van der Waals surface area contributed by atoms with Crippen molar-refractivity contribution in [2.24, 2.45) is 0 Å². The molecule has 1 fully saturated rings. The zero-order valence-electron chi connectivity index (χ0n) is 6.52. The highest BCUT2D eigenvalue weighted by molar-refractivity contribution is 7.81. The van der Waals surface area contributed by atoms with Crippen molar-refractivity contribution < 1.29 is 14.7 Å². The molecule has 0 aliphatic carbocycles. The molecule has 6 heteroatoms. The second-order valence-electron chi connectivity index (χ2n) is 2.61. The quantitative estimate of drug-likeness (QED) is 0.452. The molecule has 1 heterocycles. The van der Waals surface area contributed by atoms with E-state index >= 15 is 0 Å². The van der Waals surface area contributed by atoms with E-state index in [0.717, 1.165) is 0 Å². The van der Waals surface area contributed by atoms with E-state index in [4.69, 9.17) is 5.11 Å². The summed E-state index contributed by atoms with van der Waals surface area (Å²) in [6.07, 6.45) is 0. The summed E-state index contributed by atoms with van der Waals surface area (Å²) in [7, 11) is 1.46. The van der Waals surface area contributed by atoms with Crippen molar-refractivity contribution in [2.45, 2.75) is 11.4 Å². The predicted molar refractivity (Wildman–Crippen MR) is 45.0 cm³/mol. The topological polar surface area (TPSA) is 69.6 Å². The molecule has 2 atom stereocenters. The number of nitrogens with one attached hydrogen (secondary N) is 1. The van der Waals surface area contributed by atoms with Gasteiger partial charge in [-0.05, 0) is 0 Å². The lowest BCUT2D eigenvalue weighted by molar-refractivity contribution is -0.150. The van der Waals surface area contributed by atoms with Crippen molar-refractivity contribution >= 4 is 24.5 Å². The number of piperazine rings is 1. The van der Waals surface area contributed by atoms with Gasteiger partial charge in [-0.1, -0.05) is 0 Å². The Morgan fingerprint density at radius 2 is 2.42 bits per heavy atom. The number of likely N-dealkylation sites (N-methyl/N-ethyl adjacent to an activating group) is 1. The number of hydrogen-bond donors (Lipinski definition) is 3. The van der Waals surface area contributed by atoms with E-state index in [1.165, 1.54) is 11.9 Å². The summed E-state index contributed by atoms with van der Waals surface area (Å²) >= 11 is 3.93. The lowest BCUT2D eigenvalue weighted by Crippen LogP contribution is -2.59. The van der Waals surface area contributed by atoms with Gasteiger partial charge in [0.1, 0.15) is 11.4 Å². The maximum absolute atomic E-state index is 11.2. The molecule has 1 aliphatic rings. The highest BCUT2D eigenvalue weighted by Crippen LogP contribution is 2.08. The van der Waals surface area contributed by atoms with Crippen molar-refractivity contribution in [1.82, 2.24) is 10.2 Å². The van der Waals surface area contributed by atoms with E-state index in [2.05, 4.69) is 17.9 Å². The number of aliphatic carboxylic acids is 1. The van der Waals surface area contributed by atoms with Crippen molar-refractivity contribution in [2.75, 3.05) is 13.6 Å². The summed E-state index contributed by atoms with van der Waals surface area (Å²) in [5, 5.41) is 10.8. The molecule has 12 heavy (non-hydrogen) atoms. The number of nitrogens with zero attached hydrogens (tertiary/aromatic N) is 1. The zero-order chi connectivity index (χ0) is 9.30. The van der Waals surface area contributed by atoms with Crippen LogP contribution in [0, 0.1) is 0 Å². The second kappa shape index (κ2) is 3.32. The molecule has 0 aromatic carbocycles. The predicted octanol–water partition coefficient (Wildman–Crippen LogP) is -1.24. The molecule has 0 bridgehead atoms. The number of thiol groups is 1. The van der Waals surface area contributed by atoms with E-state index in [1.807, 2.05) is 0 Å². The van der Waals surface area contributed by atoms with Crippen LogP contribution in [0.5, 0.6) is 0 Å². The van der Waals surface area contributed by atoms with Gasteiger partial charge in [-0.15, -0.1) is 0 Å². The molecule has 1 aliphatic heterocycles. The normalized spacial score (nSPS) is 30.5. The number of hydrogen-bond acceptors (Lipinski definition) is 4. The molecule has 1 amide bonds. The van der Waals surface area contributed by atoms with Crippen LogP contribution in [0.15, 0.2) is 0 Å². The molecule has 0 spiro atoms. The average molecular weight is 190 g/mol. The summed E-state index contributed by atoms with van der Waals surface area (Å²) in [4.78, 5) is 22.9. The van der Waals surface area contributed by atoms with Crippen molar-refractivity contribution in [3.05, 3.63) is 0 Å². The van der Waals surface area contributed by atoms with Crippen LogP contribution in [-0.2, 0) is 9.59 Å². The van der Waals surface area contributed by atoms with E-state index in [1.54, 1.807) is 0 Å². The Balaban J connectivity index is 2.71. The van der Waals surface area contributed by atoms with Crippen LogP contribution in [0.2, 0.25) is 0 Å². The molecule has 0 aromatic rings. The second-order valence-corrected chi connectivity index (χ2v) is 3.13. The summed E-state index contributed by atoms with van der Waals surface area (Å²) in [6.45, 7) is 0.242. The molecule has 2 N–H and O–H groups in total. The van der Waals surface area contributed by atoms with Crippen molar-refractivity contribution in [1.29, 1.82) is 0 Å². The Bertz CT molecular complexity index is 221. The van der Waals surface area contributed by atoms with Gasteiger partial charge in [0.15, 0.2) is 0 Å². The standard InChI is InChI=1S/C6H10N2O3S/c1-8-3(6(10)11)2-7-4(12)5(8)9/h3-4,7,12H,2H2,1H3,(H,10,11). The van der Waals surface area contributed by atoms with Crippen LogP contribution in [0.25, 0.3) is 0 Å². The van der Waals surface area contributed by atoms with Crippen molar-refractivity contribution in [3.63, 3.8) is 0 Å². The first kappa shape index (κ1) is 9.34. The van der Waals surface area contributed by atoms with Gasteiger partial charge in [-0.2, -0.15) is 12.6 Å². The van der Waals surface area contributed by atoms with Gasteiger partial charge in [-0.25, -0.2) is 4.79 Å². The summed E-state index contributed by atoms with van der Waals surface area (Å²) in [5.74, 6) is -1.31. The number of rotatable bonds is 1. The van der Waals surface area contributed by atoms with Gasteiger partial charge < -0.3 is 10.0 Å². The summed E-state index contributed by atoms with van der Waals surface area (Å²) < 4.78 is 0. The number of carboxylic acid groups (broad SMARTS) is 1. The summed E-state index contributed by atoms with van der Waals surface area (Å²) in [5.41, 5.74) is 0.